The molecule has 1 unspecified atom stereocenters. The first-order chi connectivity index (χ1) is 15.3. The number of rotatable bonds is 4. The average Bonchev–Trinajstić information content (AvgIpc) is 3.13. The Labute approximate surface area is 188 Å². The fourth-order valence-corrected chi connectivity index (χ4v) is 3.29. The van der Waals surface area contributed by atoms with Gasteiger partial charge in [-0.05, 0) is 31.2 Å². The Morgan fingerprint density at radius 1 is 1.03 bits per heavy atom. The Kier molecular flexibility index (Phi) is 6.04. The number of nitrogens with one attached hydrogen (secondary N) is 1. The summed E-state index contributed by atoms with van der Waals surface area (Å²) in [6.07, 6.45) is -9.31. The van der Waals surface area contributed by atoms with Gasteiger partial charge in [-0.2, -0.15) is 51.9 Å². The standard InChI is InChI=1S/C20H12F6N6S/c1-18(9-28,29-17(33)12-2-4-13(5-3-12)19(21,22)23)10-32-30-15-7-11(8-27)6-14(16(15)31-32)20(24,25)26/h2-7H,10H2,1H3,(H,29,33). The van der Waals surface area contributed by atoms with Crippen LogP contribution in [0.2, 0.25) is 0 Å². The van der Waals surface area contributed by atoms with Crippen molar-refractivity contribution < 1.29 is 26.3 Å². The SMILES string of the molecule is CC(C#N)(Cn1nc2cc(C#N)cc(C(F)(F)F)c2n1)NC(=S)c1ccc(C(F)(F)F)cc1. The van der Waals surface area contributed by atoms with Crippen LogP contribution in [0, 0.1) is 22.7 Å². The number of hydrogen-bond acceptors (Lipinski definition) is 5. The van der Waals surface area contributed by atoms with Crippen LogP contribution in [0.1, 0.15) is 29.2 Å². The van der Waals surface area contributed by atoms with Gasteiger partial charge in [0.2, 0.25) is 0 Å². The molecule has 0 aliphatic carbocycles. The predicted octanol–water partition coefficient (Wildman–Crippen LogP) is 4.59. The Morgan fingerprint density at radius 3 is 2.18 bits per heavy atom. The van der Waals surface area contributed by atoms with Crippen LogP contribution in [0.5, 0.6) is 0 Å². The minimum Gasteiger partial charge on any atom is -0.357 e. The van der Waals surface area contributed by atoms with Crippen LogP contribution in [-0.2, 0) is 18.9 Å². The third-order valence-electron chi connectivity index (χ3n) is 4.53. The van der Waals surface area contributed by atoms with E-state index in [4.69, 9.17) is 17.5 Å². The minimum absolute atomic E-state index is 0.0489. The number of aromatic nitrogens is 3. The van der Waals surface area contributed by atoms with Gasteiger partial charge in [-0.3, -0.25) is 0 Å². The highest BCUT2D eigenvalue weighted by Crippen LogP contribution is 2.34. The molecule has 1 atom stereocenters. The van der Waals surface area contributed by atoms with Crippen molar-refractivity contribution in [1.82, 2.24) is 20.3 Å². The maximum Gasteiger partial charge on any atom is 0.418 e. The molecule has 0 spiro atoms. The van der Waals surface area contributed by atoms with E-state index in [1.807, 2.05) is 6.07 Å². The molecule has 170 valence electrons. The molecule has 1 aromatic heterocycles. The van der Waals surface area contributed by atoms with Gasteiger partial charge in [-0.15, -0.1) is 0 Å². The topological polar surface area (TPSA) is 90.3 Å². The maximum absolute atomic E-state index is 13.4. The van der Waals surface area contributed by atoms with Crippen molar-refractivity contribution >= 4 is 28.2 Å². The van der Waals surface area contributed by atoms with Crippen molar-refractivity contribution in [3.63, 3.8) is 0 Å². The molecule has 0 saturated carbocycles. The molecule has 0 bridgehead atoms. The van der Waals surface area contributed by atoms with Crippen LogP contribution >= 0.6 is 12.2 Å². The van der Waals surface area contributed by atoms with E-state index in [1.54, 1.807) is 6.07 Å². The molecule has 3 aromatic rings. The monoisotopic (exact) mass is 482 g/mol. The Balaban J connectivity index is 1.88. The lowest BCUT2D eigenvalue weighted by Crippen LogP contribution is -2.48. The van der Waals surface area contributed by atoms with E-state index in [0.717, 1.165) is 35.1 Å². The average molecular weight is 482 g/mol. The summed E-state index contributed by atoms with van der Waals surface area (Å²) in [5.41, 5.74) is -4.27. The van der Waals surface area contributed by atoms with Crippen LogP contribution in [0.4, 0.5) is 26.3 Å². The van der Waals surface area contributed by atoms with E-state index in [2.05, 4.69) is 15.5 Å². The first-order valence-electron chi connectivity index (χ1n) is 9.03. The molecule has 0 aliphatic rings. The number of benzene rings is 2. The zero-order chi connectivity index (χ0) is 24.6. The number of hydrogen-bond donors (Lipinski definition) is 1. The lowest BCUT2D eigenvalue weighted by atomic mass is 10.0. The quantitative estimate of drug-likeness (QED) is 0.432. The molecule has 0 saturated heterocycles. The second-order valence-corrected chi connectivity index (χ2v) is 7.61. The van der Waals surface area contributed by atoms with Gasteiger partial charge in [0.15, 0.2) is 0 Å². The highest BCUT2D eigenvalue weighted by Gasteiger charge is 2.36. The summed E-state index contributed by atoms with van der Waals surface area (Å²) in [5.74, 6) is 0. The molecule has 0 radical (unpaired) electrons. The first kappa shape index (κ1) is 23.9. The highest BCUT2D eigenvalue weighted by molar-refractivity contribution is 7.80. The zero-order valence-electron chi connectivity index (χ0n) is 16.6. The largest absolute Gasteiger partial charge is 0.418 e. The number of thiocarbonyl (C=S) groups is 1. The van der Waals surface area contributed by atoms with E-state index in [0.29, 0.717) is 6.07 Å². The minimum atomic E-state index is -4.78. The molecule has 0 fully saturated rings. The number of fused-ring (bicyclic) bond motifs is 1. The molecule has 0 amide bonds. The summed E-state index contributed by atoms with van der Waals surface area (Å²) >= 11 is 5.18. The van der Waals surface area contributed by atoms with E-state index in [-0.39, 0.29) is 28.2 Å². The van der Waals surface area contributed by atoms with Gasteiger partial charge in [0, 0.05) is 5.56 Å². The van der Waals surface area contributed by atoms with Gasteiger partial charge < -0.3 is 5.32 Å². The summed E-state index contributed by atoms with van der Waals surface area (Å²) in [6.45, 7) is 1.03. The highest BCUT2D eigenvalue weighted by atomic mass is 32.1. The fraction of sp³-hybridized carbons (Fsp3) is 0.250. The third kappa shape index (κ3) is 5.21. The van der Waals surface area contributed by atoms with Crippen LogP contribution in [0.15, 0.2) is 36.4 Å². The van der Waals surface area contributed by atoms with Gasteiger partial charge in [-0.1, -0.05) is 24.4 Å². The van der Waals surface area contributed by atoms with E-state index in [9.17, 15) is 31.6 Å². The van der Waals surface area contributed by atoms with Gasteiger partial charge in [0.05, 0.1) is 35.4 Å². The maximum atomic E-state index is 13.4. The summed E-state index contributed by atoms with van der Waals surface area (Å²) in [4.78, 5) is 0.819. The van der Waals surface area contributed by atoms with Gasteiger partial charge in [0.1, 0.15) is 21.6 Å². The van der Waals surface area contributed by atoms with E-state index in [1.165, 1.54) is 6.92 Å². The summed E-state index contributed by atoms with van der Waals surface area (Å²) in [5, 5.41) is 29.1. The molecule has 6 nitrogen and oxygen atoms in total. The Morgan fingerprint density at radius 2 is 1.67 bits per heavy atom. The van der Waals surface area contributed by atoms with Crippen molar-refractivity contribution in [2.24, 2.45) is 0 Å². The molecule has 33 heavy (non-hydrogen) atoms. The fourth-order valence-electron chi connectivity index (χ4n) is 2.93. The van der Waals surface area contributed by atoms with Crippen LogP contribution in [0.3, 0.4) is 0 Å². The lowest BCUT2D eigenvalue weighted by Gasteiger charge is -2.24. The van der Waals surface area contributed by atoms with Gasteiger partial charge in [-0.25, -0.2) is 0 Å². The number of halogens is 6. The van der Waals surface area contributed by atoms with Crippen LogP contribution in [0.25, 0.3) is 11.0 Å². The third-order valence-corrected chi connectivity index (χ3v) is 4.87. The second kappa shape index (κ2) is 8.33. The molecule has 3 rings (SSSR count). The van der Waals surface area contributed by atoms with Crippen molar-refractivity contribution in [2.45, 2.75) is 31.4 Å². The number of nitrogens with zero attached hydrogens (tertiary/aromatic N) is 5. The molecule has 13 heteroatoms. The Bertz CT molecular complexity index is 1300. The number of nitriles is 2. The molecular formula is C20H12F6N6S. The van der Waals surface area contributed by atoms with Gasteiger partial charge >= 0.3 is 12.4 Å². The molecular weight excluding hydrogens is 470 g/mol. The molecule has 1 heterocycles. The smallest absolute Gasteiger partial charge is 0.357 e. The van der Waals surface area contributed by atoms with Crippen LogP contribution in [-0.4, -0.2) is 25.5 Å². The normalized spacial score (nSPS) is 13.7. The van der Waals surface area contributed by atoms with Crippen molar-refractivity contribution in [3.8, 4) is 12.1 Å². The van der Waals surface area contributed by atoms with Crippen molar-refractivity contribution in [3.05, 3.63) is 58.7 Å². The van der Waals surface area contributed by atoms with Gasteiger partial charge in [0.25, 0.3) is 0 Å². The summed E-state index contributed by atoms with van der Waals surface area (Å²) < 4.78 is 78.3. The summed E-state index contributed by atoms with van der Waals surface area (Å²) in [7, 11) is 0. The summed E-state index contributed by atoms with van der Waals surface area (Å²) in [6, 6.07) is 9.28. The van der Waals surface area contributed by atoms with Crippen LogP contribution < -0.4 is 5.32 Å². The van der Waals surface area contributed by atoms with E-state index >= 15 is 0 Å². The van der Waals surface area contributed by atoms with E-state index < -0.39 is 34.5 Å². The molecule has 0 aliphatic heterocycles. The lowest BCUT2D eigenvalue weighted by molar-refractivity contribution is -0.138. The first-order valence-corrected chi connectivity index (χ1v) is 9.44. The molecule has 1 N–H and O–H groups in total. The predicted molar refractivity (Wildman–Crippen MR) is 108 cm³/mol. The van der Waals surface area contributed by atoms with Crippen molar-refractivity contribution in [1.29, 1.82) is 10.5 Å². The molecule has 2 aromatic carbocycles. The second-order valence-electron chi connectivity index (χ2n) is 7.20. The van der Waals surface area contributed by atoms with Crippen molar-refractivity contribution in [2.75, 3.05) is 0 Å². The number of alkyl halides is 6. The zero-order valence-corrected chi connectivity index (χ0v) is 17.4. The Hall–Kier alpha value is -3.71.